The van der Waals surface area contributed by atoms with Gasteiger partial charge in [0.05, 0.1) is 2.88 Å². The topological polar surface area (TPSA) is 24.9 Å². The van der Waals surface area contributed by atoms with Gasteiger partial charge in [0, 0.05) is 29.4 Å². The summed E-state index contributed by atoms with van der Waals surface area (Å²) >= 11 is 4.39. The Hall–Kier alpha value is -0.460. The number of aromatic nitrogens is 1. The minimum absolute atomic E-state index is 0.349. The number of aryl methyl sites for hydroxylation is 1. The van der Waals surface area contributed by atoms with Crippen LogP contribution < -0.4 is 5.32 Å². The predicted octanol–water partition coefficient (Wildman–Crippen LogP) is 4.48. The van der Waals surface area contributed by atoms with Crippen LogP contribution in [0.1, 0.15) is 47.9 Å². The number of halogens is 1. The highest BCUT2D eigenvalue weighted by molar-refractivity contribution is 14.1. The summed E-state index contributed by atoms with van der Waals surface area (Å²) < 4.78 is 1.41. The van der Waals surface area contributed by atoms with E-state index in [1.807, 2.05) is 29.8 Å². The van der Waals surface area contributed by atoms with E-state index >= 15 is 0 Å². The van der Waals surface area contributed by atoms with Gasteiger partial charge in [0.2, 0.25) is 0 Å². The summed E-state index contributed by atoms with van der Waals surface area (Å²) in [6.07, 6.45) is 7.57. The molecule has 2 heterocycles. The largest absolute Gasteiger partial charge is 0.303 e. The molecule has 3 rings (SSSR count). The summed E-state index contributed by atoms with van der Waals surface area (Å²) in [6, 6.07) is 7.35. The van der Waals surface area contributed by atoms with Crippen molar-refractivity contribution in [2.75, 3.05) is 0 Å². The SMILES string of the molecule is C[C@H](NC1CCCc2sc(I)cc21)c1cccnc1. The maximum atomic E-state index is 4.21. The Bertz CT molecular complexity index is 553. The zero-order chi connectivity index (χ0) is 13.2. The van der Waals surface area contributed by atoms with Gasteiger partial charge in [-0.15, -0.1) is 11.3 Å². The van der Waals surface area contributed by atoms with E-state index in [0.29, 0.717) is 12.1 Å². The third kappa shape index (κ3) is 3.01. The number of hydrogen-bond acceptors (Lipinski definition) is 3. The van der Waals surface area contributed by atoms with Crippen LogP contribution in [0.3, 0.4) is 0 Å². The molecule has 0 radical (unpaired) electrons. The zero-order valence-corrected chi connectivity index (χ0v) is 13.9. The number of thiophene rings is 1. The summed E-state index contributed by atoms with van der Waals surface area (Å²) in [4.78, 5) is 5.78. The van der Waals surface area contributed by atoms with Crippen molar-refractivity contribution in [3.05, 3.63) is 49.5 Å². The Morgan fingerprint density at radius 1 is 1.53 bits per heavy atom. The van der Waals surface area contributed by atoms with E-state index < -0.39 is 0 Å². The average Bonchev–Trinajstić information content (AvgIpc) is 2.81. The molecule has 0 aromatic carbocycles. The van der Waals surface area contributed by atoms with E-state index in [1.165, 1.54) is 33.3 Å². The van der Waals surface area contributed by atoms with E-state index in [1.54, 1.807) is 4.88 Å². The lowest BCUT2D eigenvalue weighted by Crippen LogP contribution is -2.27. The van der Waals surface area contributed by atoms with Crippen LogP contribution in [-0.2, 0) is 6.42 Å². The first-order valence-electron chi connectivity index (χ1n) is 6.68. The van der Waals surface area contributed by atoms with Crippen LogP contribution in [0.25, 0.3) is 0 Å². The maximum Gasteiger partial charge on any atom is 0.0659 e. The highest BCUT2D eigenvalue weighted by Gasteiger charge is 2.24. The number of pyridine rings is 1. The molecule has 0 amide bonds. The molecule has 0 fully saturated rings. The molecular weight excluding hydrogens is 367 g/mol. The first-order chi connectivity index (χ1) is 9.24. The molecule has 0 spiro atoms. The van der Waals surface area contributed by atoms with Gasteiger partial charge in [-0.2, -0.15) is 0 Å². The number of hydrogen-bond donors (Lipinski definition) is 1. The highest BCUT2D eigenvalue weighted by atomic mass is 127. The van der Waals surface area contributed by atoms with Crippen LogP contribution in [0.5, 0.6) is 0 Å². The van der Waals surface area contributed by atoms with Crippen LogP contribution in [0.2, 0.25) is 0 Å². The molecule has 0 saturated heterocycles. The molecule has 0 aliphatic heterocycles. The first kappa shape index (κ1) is 13.5. The second-order valence-electron chi connectivity index (χ2n) is 5.05. The molecule has 100 valence electrons. The Morgan fingerprint density at radius 3 is 3.21 bits per heavy atom. The van der Waals surface area contributed by atoms with Gasteiger partial charge < -0.3 is 5.32 Å². The van der Waals surface area contributed by atoms with Crippen LogP contribution in [-0.4, -0.2) is 4.98 Å². The molecule has 0 bridgehead atoms. The van der Waals surface area contributed by atoms with Crippen molar-refractivity contribution in [3.8, 4) is 0 Å². The van der Waals surface area contributed by atoms with E-state index in [9.17, 15) is 0 Å². The van der Waals surface area contributed by atoms with E-state index in [4.69, 9.17) is 0 Å². The molecule has 2 aromatic rings. The molecule has 2 atom stereocenters. The zero-order valence-electron chi connectivity index (χ0n) is 10.9. The standard InChI is InChI=1S/C15H17IN2S/c1-10(11-4-3-7-17-9-11)18-13-5-2-6-14-12(13)8-15(16)19-14/h3-4,7-10,13,18H,2,5-6H2,1H3/t10-,13?/m0/s1. The summed E-state index contributed by atoms with van der Waals surface area (Å²) in [5.41, 5.74) is 2.79. The molecular formula is C15H17IN2S. The minimum Gasteiger partial charge on any atom is -0.303 e. The lowest BCUT2D eigenvalue weighted by atomic mass is 9.93. The quantitative estimate of drug-likeness (QED) is 0.790. The molecule has 1 aliphatic carbocycles. The smallest absolute Gasteiger partial charge is 0.0659 e. The fraction of sp³-hybridized carbons (Fsp3) is 0.400. The number of nitrogens with one attached hydrogen (secondary N) is 1. The highest BCUT2D eigenvalue weighted by Crippen LogP contribution is 2.37. The normalized spacial score (nSPS) is 20.0. The molecule has 2 nitrogen and oxygen atoms in total. The molecule has 4 heteroatoms. The second-order valence-corrected chi connectivity index (χ2v) is 8.08. The Labute approximate surface area is 131 Å². The number of rotatable bonds is 3. The Kier molecular flexibility index (Phi) is 4.19. The third-order valence-electron chi connectivity index (χ3n) is 3.72. The van der Waals surface area contributed by atoms with Crippen molar-refractivity contribution in [2.45, 2.75) is 38.3 Å². The number of nitrogens with zero attached hydrogens (tertiary/aromatic N) is 1. The van der Waals surface area contributed by atoms with Crippen LogP contribution in [0.15, 0.2) is 30.6 Å². The molecule has 1 aliphatic rings. The molecule has 19 heavy (non-hydrogen) atoms. The molecule has 1 N–H and O–H groups in total. The van der Waals surface area contributed by atoms with Crippen LogP contribution >= 0.6 is 33.9 Å². The summed E-state index contributed by atoms with van der Waals surface area (Å²) in [5.74, 6) is 0. The van der Waals surface area contributed by atoms with Crippen molar-refractivity contribution >= 4 is 33.9 Å². The molecule has 0 saturated carbocycles. The van der Waals surface area contributed by atoms with Gasteiger partial charge in [-0.25, -0.2) is 0 Å². The van der Waals surface area contributed by atoms with Crippen molar-refractivity contribution in [1.29, 1.82) is 0 Å². The molecule has 2 aromatic heterocycles. The second kappa shape index (κ2) is 5.89. The van der Waals surface area contributed by atoms with Gasteiger partial charge in [-0.3, -0.25) is 4.98 Å². The van der Waals surface area contributed by atoms with Crippen molar-refractivity contribution in [1.82, 2.24) is 10.3 Å². The van der Waals surface area contributed by atoms with Crippen LogP contribution in [0.4, 0.5) is 0 Å². The third-order valence-corrected chi connectivity index (χ3v) is 5.69. The van der Waals surface area contributed by atoms with Crippen molar-refractivity contribution in [3.63, 3.8) is 0 Å². The van der Waals surface area contributed by atoms with E-state index in [-0.39, 0.29) is 0 Å². The van der Waals surface area contributed by atoms with Crippen LogP contribution in [0, 0.1) is 2.88 Å². The fourth-order valence-corrected chi connectivity index (χ4v) is 4.84. The lowest BCUT2D eigenvalue weighted by Gasteiger charge is -2.27. The van der Waals surface area contributed by atoms with Crippen molar-refractivity contribution in [2.24, 2.45) is 0 Å². The summed E-state index contributed by atoms with van der Waals surface area (Å²) in [7, 11) is 0. The monoisotopic (exact) mass is 384 g/mol. The van der Waals surface area contributed by atoms with Gasteiger partial charge in [-0.05, 0) is 72.0 Å². The number of fused-ring (bicyclic) bond motifs is 1. The van der Waals surface area contributed by atoms with Gasteiger partial charge in [-0.1, -0.05) is 6.07 Å². The first-order valence-corrected chi connectivity index (χ1v) is 8.57. The fourth-order valence-electron chi connectivity index (χ4n) is 2.72. The van der Waals surface area contributed by atoms with Gasteiger partial charge in [0.15, 0.2) is 0 Å². The van der Waals surface area contributed by atoms with Gasteiger partial charge >= 0.3 is 0 Å². The lowest BCUT2D eigenvalue weighted by molar-refractivity contribution is 0.418. The average molecular weight is 384 g/mol. The Morgan fingerprint density at radius 2 is 2.42 bits per heavy atom. The predicted molar refractivity (Wildman–Crippen MR) is 88.5 cm³/mol. The summed E-state index contributed by atoms with van der Waals surface area (Å²) in [5, 5.41) is 3.77. The van der Waals surface area contributed by atoms with Gasteiger partial charge in [0.25, 0.3) is 0 Å². The minimum atomic E-state index is 0.349. The van der Waals surface area contributed by atoms with Gasteiger partial charge in [0.1, 0.15) is 0 Å². The Balaban J connectivity index is 1.77. The summed E-state index contributed by atoms with van der Waals surface area (Å²) in [6.45, 7) is 2.22. The van der Waals surface area contributed by atoms with E-state index in [2.05, 4.69) is 51.9 Å². The van der Waals surface area contributed by atoms with Crippen molar-refractivity contribution < 1.29 is 0 Å². The maximum absolute atomic E-state index is 4.21. The van der Waals surface area contributed by atoms with E-state index in [0.717, 1.165) is 0 Å². The molecule has 1 unspecified atom stereocenters.